The summed E-state index contributed by atoms with van der Waals surface area (Å²) >= 11 is 0. The fourth-order valence-electron chi connectivity index (χ4n) is 0.987. The van der Waals surface area contributed by atoms with Gasteiger partial charge in [-0.15, -0.1) is 0 Å². The zero-order valence-corrected chi connectivity index (χ0v) is 6.61. The Kier molecular flexibility index (Phi) is 3.00. The van der Waals surface area contributed by atoms with Gasteiger partial charge < -0.3 is 14.6 Å². The Bertz CT molecular complexity index is 258. The molecule has 0 spiro atoms. The molecule has 1 aliphatic carbocycles. The van der Waals surface area contributed by atoms with Crippen molar-refractivity contribution >= 4 is 6.29 Å². The molecule has 0 heterocycles. The van der Waals surface area contributed by atoms with Crippen LogP contribution in [0.25, 0.3) is 0 Å². The molecule has 0 bridgehead atoms. The van der Waals surface area contributed by atoms with E-state index in [1.165, 1.54) is 12.2 Å². The van der Waals surface area contributed by atoms with Crippen molar-refractivity contribution in [1.82, 2.24) is 0 Å². The predicted molar refractivity (Wildman–Crippen MR) is 40.1 cm³/mol. The highest BCUT2D eigenvalue weighted by Gasteiger charge is 2.18. The molecule has 5 heteroatoms. The number of aliphatic hydroxyl groups excluding tert-OH is 1. The summed E-state index contributed by atoms with van der Waals surface area (Å²) in [6, 6.07) is 0. The molecule has 13 heavy (non-hydrogen) atoms. The van der Waals surface area contributed by atoms with Gasteiger partial charge in [-0.1, -0.05) is 0 Å². The Morgan fingerprint density at radius 1 is 1.69 bits per heavy atom. The lowest BCUT2D eigenvalue weighted by molar-refractivity contribution is -0.111. The van der Waals surface area contributed by atoms with E-state index in [2.05, 4.69) is 4.74 Å². The number of aldehydes is 1. The SMILES string of the molecule is O=CC1C=C(OC(F)F)C(O)=CC1. The molecule has 0 saturated carbocycles. The molecule has 1 aliphatic rings. The number of hydrogen-bond acceptors (Lipinski definition) is 3. The van der Waals surface area contributed by atoms with E-state index in [1.807, 2.05) is 0 Å². The number of ether oxygens (including phenoxy) is 1. The molecule has 0 radical (unpaired) electrons. The smallest absolute Gasteiger partial charge is 0.387 e. The van der Waals surface area contributed by atoms with E-state index in [1.54, 1.807) is 0 Å². The first-order valence-electron chi connectivity index (χ1n) is 3.65. The number of alkyl halides is 2. The van der Waals surface area contributed by atoms with E-state index in [0.29, 0.717) is 12.7 Å². The fourth-order valence-corrected chi connectivity index (χ4v) is 0.987. The van der Waals surface area contributed by atoms with Crippen molar-refractivity contribution in [3.63, 3.8) is 0 Å². The van der Waals surface area contributed by atoms with E-state index < -0.39 is 12.5 Å². The maximum absolute atomic E-state index is 11.7. The van der Waals surface area contributed by atoms with Crippen LogP contribution in [0.1, 0.15) is 6.42 Å². The van der Waals surface area contributed by atoms with Crippen LogP contribution in [0.15, 0.2) is 23.7 Å². The van der Waals surface area contributed by atoms with Gasteiger partial charge in [0.1, 0.15) is 6.29 Å². The Hall–Kier alpha value is -1.39. The molecule has 3 nitrogen and oxygen atoms in total. The molecule has 1 unspecified atom stereocenters. The van der Waals surface area contributed by atoms with Gasteiger partial charge >= 0.3 is 6.61 Å². The van der Waals surface area contributed by atoms with Gasteiger partial charge in [0, 0.05) is 5.92 Å². The minimum atomic E-state index is -2.99. The second-order valence-electron chi connectivity index (χ2n) is 2.53. The number of allylic oxidation sites excluding steroid dienone is 2. The molecule has 0 amide bonds. The van der Waals surface area contributed by atoms with Crippen LogP contribution in [-0.4, -0.2) is 18.0 Å². The number of rotatable bonds is 3. The van der Waals surface area contributed by atoms with Crippen molar-refractivity contribution in [2.24, 2.45) is 5.92 Å². The predicted octanol–water partition coefficient (Wildman–Crippen LogP) is 1.77. The maximum Gasteiger partial charge on any atom is 0.387 e. The van der Waals surface area contributed by atoms with Crippen molar-refractivity contribution in [3.8, 4) is 0 Å². The van der Waals surface area contributed by atoms with Gasteiger partial charge in [-0.05, 0) is 18.6 Å². The highest BCUT2D eigenvalue weighted by atomic mass is 19.3. The minimum absolute atomic E-state index is 0.311. The molecule has 1 N–H and O–H groups in total. The molecule has 72 valence electrons. The zero-order chi connectivity index (χ0) is 9.84. The Morgan fingerprint density at radius 2 is 2.38 bits per heavy atom. The third-order valence-corrected chi connectivity index (χ3v) is 1.59. The first-order chi connectivity index (χ1) is 6.13. The average molecular weight is 190 g/mol. The molecule has 1 rings (SSSR count). The summed E-state index contributed by atoms with van der Waals surface area (Å²) in [4.78, 5) is 10.3. The van der Waals surface area contributed by atoms with Crippen LogP contribution >= 0.6 is 0 Å². The Morgan fingerprint density at radius 3 is 2.92 bits per heavy atom. The Balaban J connectivity index is 2.72. The minimum Gasteiger partial charge on any atom is -0.504 e. The van der Waals surface area contributed by atoms with Crippen LogP contribution in [0.2, 0.25) is 0 Å². The van der Waals surface area contributed by atoms with Crippen LogP contribution in [0.4, 0.5) is 8.78 Å². The molecular weight excluding hydrogens is 182 g/mol. The maximum atomic E-state index is 11.7. The summed E-state index contributed by atoms with van der Waals surface area (Å²) in [7, 11) is 0. The van der Waals surface area contributed by atoms with Crippen LogP contribution in [0, 0.1) is 5.92 Å². The second kappa shape index (κ2) is 4.02. The fraction of sp³-hybridized carbons (Fsp3) is 0.375. The molecule has 0 fully saturated rings. The second-order valence-corrected chi connectivity index (χ2v) is 2.53. The summed E-state index contributed by atoms with van der Waals surface area (Å²) in [5.74, 6) is -1.18. The van der Waals surface area contributed by atoms with E-state index in [-0.39, 0.29) is 11.5 Å². The van der Waals surface area contributed by atoms with Crippen LogP contribution in [0.5, 0.6) is 0 Å². The molecule has 0 aliphatic heterocycles. The summed E-state index contributed by atoms with van der Waals surface area (Å²) in [6.45, 7) is -2.99. The Labute approximate surface area is 73.3 Å². The van der Waals surface area contributed by atoms with Gasteiger partial charge in [0.15, 0.2) is 11.5 Å². The van der Waals surface area contributed by atoms with Crippen LogP contribution < -0.4 is 0 Å². The van der Waals surface area contributed by atoms with Crippen molar-refractivity contribution in [2.45, 2.75) is 13.0 Å². The van der Waals surface area contributed by atoms with E-state index in [0.717, 1.165) is 0 Å². The summed E-state index contributed by atoms with van der Waals surface area (Å²) in [5.41, 5.74) is 0. The van der Waals surface area contributed by atoms with Crippen molar-refractivity contribution in [1.29, 1.82) is 0 Å². The standard InChI is InChI=1S/C8H8F2O3/c9-8(10)13-7-3-5(4-11)1-2-6(7)12/h2-5,8,12H,1H2. The van der Waals surface area contributed by atoms with Gasteiger partial charge in [-0.3, -0.25) is 0 Å². The molecule has 0 aromatic carbocycles. The number of carbonyl (C=O) groups is 1. The lowest BCUT2D eigenvalue weighted by Crippen LogP contribution is -2.10. The summed E-state index contributed by atoms with van der Waals surface area (Å²) in [5, 5.41) is 9.05. The normalized spacial score (nSPS) is 22.2. The van der Waals surface area contributed by atoms with Crippen LogP contribution in [0.3, 0.4) is 0 Å². The first-order valence-corrected chi connectivity index (χ1v) is 3.65. The molecule has 0 aromatic rings. The van der Waals surface area contributed by atoms with Crippen molar-refractivity contribution in [2.75, 3.05) is 0 Å². The first kappa shape index (κ1) is 9.70. The summed E-state index contributed by atoms with van der Waals surface area (Å²) in [6.07, 6.45) is 3.37. The van der Waals surface area contributed by atoms with Gasteiger partial charge in [-0.25, -0.2) is 0 Å². The molecule has 0 aromatic heterocycles. The number of halogens is 2. The van der Waals surface area contributed by atoms with Gasteiger partial charge in [-0.2, -0.15) is 8.78 Å². The lowest BCUT2D eigenvalue weighted by Gasteiger charge is -2.14. The lowest BCUT2D eigenvalue weighted by atomic mass is 10.0. The van der Waals surface area contributed by atoms with E-state index >= 15 is 0 Å². The highest BCUT2D eigenvalue weighted by molar-refractivity contribution is 5.58. The average Bonchev–Trinajstić information content (AvgIpc) is 2.08. The van der Waals surface area contributed by atoms with Gasteiger partial charge in [0.05, 0.1) is 0 Å². The topological polar surface area (TPSA) is 46.5 Å². The number of carbonyl (C=O) groups excluding carboxylic acids is 1. The van der Waals surface area contributed by atoms with Crippen LogP contribution in [-0.2, 0) is 9.53 Å². The van der Waals surface area contributed by atoms with E-state index in [4.69, 9.17) is 5.11 Å². The monoisotopic (exact) mass is 190 g/mol. The highest BCUT2D eigenvalue weighted by Crippen LogP contribution is 2.22. The number of hydrogen-bond donors (Lipinski definition) is 1. The largest absolute Gasteiger partial charge is 0.504 e. The third kappa shape index (κ3) is 2.54. The summed E-state index contributed by atoms with van der Waals surface area (Å²) < 4.78 is 27.5. The van der Waals surface area contributed by atoms with E-state index in [9.17, 15) is 13.6 Å². The number of aliphatic hydroxyl groups is 1. The van der Waals surface area contributed by atoms with Crippen molar-refractivity contribution < 1.29 is 23.4 Å². The molecule has 0 saturated heterocycles. The molecule has 1 atom stereocenters. The molecular formula is C8H8F2O3. The zero-order valence-electron chi connectivity index (χ0n) is 6.61. The van der Waals surface area contributed by atoms with Gasteiger partial charge in [0.25, 0.3) is 0 Å². The third-order valence-electron chi connectivity index (χ3n) is 1.59. The van der Waals surface area contributed by atoms with Crippen molar-refractivity contribution in [3.05, 3.63) is 23.7 Å². The quantitative estimate of drug-likeness (QED) is 0.690. The van der Waals surface area contributed by atoms with Gasteiger partial charge in [0.2, 0.25) is 0 Å².